The number of ketones is 1. The van der Waals surface area contributed by atoms with Crippen molar-refractivity contribution < 1.29 is 14.4 Å². The quantitative estimate of drug-likeness (QED) is 0.490. The molecule has 1 aliphatic rings. The molecule has 0 spiro atoms. The molecule has 8 heteroatoms. The second-order valence-corrected chi connectivity index (χ2v) is 7.16. The first-order valence-electron chi connectivity index (χ1n) is 9.71. The molecule has 0 aliphatic carbocycles. The van der Waals surface area contributed by atoms with Crippen LogP contribution in [0, 0.1) is 0 Å². The van der Waals surface area contributed by atoms with E-state index in [1.807, 2.05) is 25.1 Å². The van der Waals surface area contributed by atoms with E-state index >= 15 is 0 Å². The molecule has 2 aromatic carbocycles. The summed E-state index contributed by atoms with van der Waals surface area (Å²) < 4.78 is 0. The van der Waals surface area contributed by atoms with Gasteiger partial charge in [-0.1, -0.05) is 18.2 Å². The maximum atomic E-state index is 12.8. The molecule has 3 aromatic rings. The van der Waals surface area contributed by atoms with E-state index in [2.05, 4.69) is 10.2 Å². The first kappa shape index (κ1) is 19.5. The Morgan fingerprint density at radius 2 is 1.53 bits per heavy atom. The lowest BCUT2D eigenvalue weighted by Gasteiger charge is -2.39. The van der Waals surface area contributed by atoms with Crippen molar-refractivity contribution >= 4 is 17.6 Å². The van der Waals surface area contributed by atoms with Gasteiger partial charge in [-0.15, -0.1) is 0 Å². The van der Waals surface area contributed by atoms with Crippen LogP contribution >= 0.6 is 0 Å². The van der Waals surface area contributed by atoms with Gasteiger partial charge in [0, 0.05) is 36.8 Å². The molecule has 4 rings (SSSR count). The van der Waals surface area contributed by atoms with Gasteiger partial charge in [-0.3, -0.25) is 14.4 Å². The van der Waals surface area contributed by atoms with Crippen molar-refractivity contribution in [2.45, 2.75) is 13.0 Å². The lowest BCUT2D eigenvalue weighted by Crippen LogP contribution is -2.56. The topological polar surface area (TPSA) is 88.4 Å². The highest BCUT2D eigenvalue weighted by Gasteiger charge is 2.33. The summed E-state index contributed by atoms with van der Waals surface area (Å²) in [5, 5.41) is 8.07. The van der Waals surface area contributed by atoms with Crippen LogP contribution in [0.5, 0.6) is 0 Å². The Kier molecular flexibility index (Phi) is 5.38. The molecular weight excluding hydrogens is 382 g/mol. The second-order valence-electron chi connectivity index (χ2n) is 7.16. The van der Waals surface area contributed by atoms with Crippen molar-refractivity contribution in [2.75, 3.05) is 19.6 Å². The number of aromatic nitrogens is 3. The summed E-state index contributed by atoms with van der Waals surface area (Å²) in [5.74, 6) is -1.19. The van der Waals surface area contributed by atoms with Crippen LogP contribution in [-0.4, -0.2) is 68.1 Å². The van der Waals surface area contributed by atoms with E-state index in [0.29, 0.717) is 36.4 Å². The zero-order valence-electron chi connectivity index (χ0n) is 16.5. The highest BCUT2D eigenvalue weighted by atomic mass is 16.2. The van der Waals surface area contributed by atoms with Crippen molar-refractivity contribution in [2.24, 2.45) is 0 Å². The van der Waals surface area contributed by atoms with E-state index in [9.17, 15) is 14.4 Å². The van der Waals surface area contributed by atoms with Crippen molar-refractivity contribution in [3.05, 3.63) is 78.1 Å². The molecule has 2 heterocycles. The fraction of sp³-hybridized carbons (Fsp3) is 0.227. The summed E-state index contributed by atoms with van der Waals surface area (Å²) >= 11 is 0. The van der Waals surface area contributed by atoms with Crippen LogP contribution in [0.4, 0.5) is 0 Å². The Hall–Kier alpha value is -3.81. The summed E-state index contributed by atoms with van der Waals surface area (Å²) in [6.45, 7) is 2.94. The van der Waals surface area contributed by atoms with Crippen molar-refractivity contribution in [3.8, 4) is 5.69 Å². The van der Waals surface area contributed by atoms with Gasteiger partial charge in [0.1, 0.15) is 0 Å². The van der Waals surface area contributed by atoms with Crippen LogP contribution in [0.3, 0.4) is 0 Å². The van der Waals surface area contributed by atoms with Crippen LogP contribution < -0.4 is 0 Å². The van der Waals surface area contributed by atoms with Crippen molar-refractivity contribution in [1.82, 2.24) is 24.8 Å². The fourth-order valence-corrected chi connectivity index (χ4v) is 3.56. The third kappa shape index (κ3) is 3.84. The summed E-state index contributed by atoms with van der Waals surface area (Å²) in [6.07, 6.45) is 3.12. The molecule has 152 valence electrons. The lowest BCUT2D eigenvalue weighted by atomic mass is 10.1. The maximum Gasteiger partial charge on any atom is 0.295 e. The Bertz CT molecular complexity index is 1050. The SMILES string of the molecule is C[C@@H]1CN(C(=O)c2ccccc2)CCN1C(=O)C(=O)c1ccc(-n2nccn2)cc1. The Labute approximate surface area is 173 Å². The highest BCUT2D eigenvalue weighted by molar-refractivity contribution is 6.42. The van der Waals surface area contributed by atoms with Gasteiger partial charge < -0.3 is 9.80 Å². The van der Waals surface area contributed by atoms with Gasteiger partial charge in [0.2, 0.25) is 5.78 Å². The van der Waals surface area contributed by atoms with Crippen LogP contribution in [-0.2, 0) is 4.79 Å². The van der Waals surface area contributed by atoms with Gasteiger partial charge in [0.15, 0.2) is 0 Å². The average molecular weight is 403 g/mol. The smallest absolute Gasteiger partial charge is 0.295 e. The minimum atomic E-state index is -0.565. The van der Waals surface area contributed by atoms with Crippen LogP contribution in [0.15, 0.2) is 67.0 Å². The van der Waals surface area contributed by atoms with E-state index in [4.69, 9.17) is 0 Å². The van der Waals surface area contributed by atoms with Crippen molar-refractivity contribution in [3.63, 3.8) is 0 Å². The van der Waals surface area contributed by atoms with Crippen molar-refractivity contribution in [1.29, 1.82) is 0 Å². The predicted octanol–water partition coefficient (Wildman–Crippen LogP) is 1.82. The molecule has 30 heavy (non-hydrogen) atoms. The first-order chi connectivity index (χ1) is 14.5. The first-order valence-corrected chi connectivity index (χ1v) is 9.71. The number of nitrogens with zero attached hydrogens (tertiary/aromatic N) is 5. The molecule has 1 aromatic heterocycles. The van der Waals surface area contributed by atoms with Gasteiger partial charge in [-0.05, 0) is 43.3 Å². The van der Waals surface area contributed by atoms with Gasteiger partial charge in [-0.25, -0.2) is 0 Å². The fourth-order valence-electron chi connectivity index (χ4n) is 3.56. The Balaban J connectivity index is 1.41. The predicted molar refractivity (Wildman–Crippen MR) is 109 cm³/mol. The lowest BCUT2D eigenvalue weighted by molar-refractivity contribution is -0.130. The van der Waals surface area contributed by atoms with Gasteiger partial charge >= 0.3 is 0 Å². The zero-order chi connectivity index (χ0) is 21.1. The van der Waals surface area contributed by atoms with Crippen LogP contribution in [0.25, 0.3) is 5.69 Å². The van der Waals surface area contributed by atoms with Crippen LogP contribution in [0.2, 0.25) is 0 Å². The molecule has 0 radical (unpaired) electrons. The van der Waals surface area contributed by atoms with E-state index in [-0.39, 0.29) is 11.9 Å². The van der Waals surface area contributed by atoms with E-state index < -0.39 is 11.7 Å². The van der Waals surface area contributed by atoms with Gasteiger partial charge in [0.25, 0.3) is 11.8 Å². The summed E-state index contributed by atoms with van der Waals surface area (Å²) in [5.41, 5.74) is 1.63. The zero-order valence-corrected chi connectivity index (χ0v) is 16.5. The number of carbonyl (C=O) groups excluding carboxylic acids is 3. The maximum absolute atomic E-state index is 12.8. The van der Waals surface area contributed by atoms with Gasteiger partial charge in [0.05, 0.1) is 18.1 Å². The molecule has 1 aliphatic heterocycles. The van der Waals surface area contributed by atoms with Gasteiger partial charge in [-0.2, -0.15) is 15.0 Å². The van der Waals surface area contributed by atoms with E-state index in [0.717, 1.165) is 0 Å². The summed E-state index contributed by atoms with van der Waals surface area (Å²) in [6, 6.07) is 15.4. The van der Waals surface area contributed by atoms with Crippen LogP contribution in [0.1, 0.15) is 27.6 Å². The summed E-state index contributed by atoms with van der Waals surface area (Å²) in [4.78, 5) is 42.9. The molecular formula is C22H21N5O3. The minimum absolute atomic E-state index is 0.0660. The largest absolute Gasteiger partial charge is 0.335 e. The molecule has 0 unspecified atom stereocenters. The third-order valence-corrected chi connectivity index (χ3v) is 5.17. The minimum Gasteiger partial charge on any atom is -0.335 e. The third-order valence-electron chi connectivity index (χ3n) is 5.17. The highest BCUT2D eigenvalue weighted by Crippen LogP contribution is 2.16. The Morgan fingerprint density at radius 3 is 2.17 bits per heavy atom. The Morgan fingerprint density at radius 1 is 0.867 bits per heavy atom. The second kappa shape index (κ2) is 8.28. The number of amides is 2. The number of Topliss-reactive ketones (excluding diaryl/α,β-unsaturated/α-hetero) is 1. The molecule has 2 amide bonds. The summed E-state index contributed by atoms with van der Waals surface area (Å²) in [7, 11) is 0. The molecule has 8 nitrogen and oxygen atoms in total. The average Bonchev–Trinajstić information content (AvgIpc) is 3.33. The molecule has 0 bridgehead atoms. The number of rotatable bonds is 4. The molecule has 1 saturated heterocycles. The monoisotopic (exact) mass is 403 g/mol. The number of hydrogen-bond donors (Lipinski definition) is 0. The number of hydrogen-bond acceptors (Lipinski definition) is 5. The number of benzene rings is 2. The molecule has 1 fully saturated rings. The van der Waals surface area contributed by atoms with E-state index in [1.54, 1.807) is 58.6 Å². The van der Waals surface area contributed by atoms with E-state index in [1.165, 1.54) is 4.80 Å². The normalized spacial score (nSPS) is 16.4. The molecule has 1 atom stereocenters. The number of carbonyl (C=O) groups is 3. The number of piperazine rings is 1. The standard InChI is InChI=1S/C22H21N5O3/c1-16-15-25(21(29)18-5-3-2-4-6-18)13-14-26(16)22(30)20(28)17-7-9-19(10-8-17)27-23-11-12-24-27/h2-12,16H,13-15H2,1H3/t16-/m1/s1. The molecule has 0 N–H and O–H groups in total. The molecule has 0 saturated carbocycles.